The molecule has 0 fully saturated rings. The fourth-order valence-electron chi connectivity index (χ4n) is 5.88. The van der Waals surface area contributed by atoms with Crippen LogP contribution in [0.5, 0.6) is 0 Å². The summed E-state index contributed by atoms with van der Waals surface area (Å²) in [5, 5.41) is 10.3. The van der Waals surface area contributed by atoms with Crippen molar-refractivity contribution < 1.29 is 24.2 Å². The Hall–Kier alpha value is -1.10. The van der Waals surface area contributed by atoms with Gasteiger partial charge in [0.1, 0.15) is 19.3 Å². The van der Waals surface area contributed by atoms with Crippen LogP contribution in [0.4, 0.5) is 0 Å². The number of unbranched alkanes of at least 4 members (excludes halogenated alkanes) is 10. The van der Waals surface area contributed by atoms with Gasteiger partial charge in [-0.15, -0.1) is 0 Å². The van der Waals surface area contributed by atoms with Crippen LogP contribution in [0.15, 0.2) is 0 Å². The molecule has 0 heterocycles. The van der Waals surface area contributed by atoms with Crippen molar-refractivity contribution >= 4 is 11.9 Å². The molecule has 0 saturated heterocycles. The normalized spacial score (nSPS) is 15.3. The van der Waals surface area contributed by atoms with E-state index in [2.05, 4.69) is 62.3 Å². The number of carbonyl (C=O) groups excluding carboxylic acids is 2. The molecule has 5 heteroatoms. The van der Waals surface area contributed by atoms with E-state index in [1.165, 1.54) is 51.4 Å². The molecule has 0 amide bonds. The summed E-state index contributed by atoms with van der Waals surface area (Å²) in [5.41, 5.74) is 0.387. The maximum atomic E-state index is 13.1. The van der Waals surface area contributed by atoms with Crippen molar-refractivity contribution in [3.63, 3.8) is 0 Å². The Labute approximate surface area is 248 Å². The maximum absolute atomic E-state index is 13.1. The fourth-order valence-corrected chi connectivity index (χ4v) is 5.88. The monoisotopic (exact) mass is 569 g/mol. The summed E-state index contributed by atoms with van der Waals surface area (Å²) in [6.45, 7) is 19.7. The molecule has 0 radical (unpaired) electrons. The summed E-state index contributed by atoms with van der Waals surface area (Å²) >= 11 is 0. The second kappa shape index (κ2) is 21.6. The zero-order chi connectivity index (χ0) is 30.6. The van der Waals surface area contributed by atoms with Crippen molar-refractivity contribution in [3.8, 4) is 0 Å². The summed E-state index contributed by atoms with van der Waals surface area (Å²) in [7, 11) is 0. The van der Waals surface area contributed by atoms with E-state index in [0.717, 1.165) is 44.9 Å². The minimum absolute atomic E-state index is 0.122. The Morgan fingerprint density at radius 2 is 1.15 bits per heavy atom. The largest absolute Gasteiger partial charge is 0.463 e. The van der Waals surface area contributed by atoms with Crippen molar-refractivity contribution in [2.75, 3.05) is 13.2 Å². The summed E-state index contributed by atoms with van der Waals surface area (Å²) < 4.78 is 10.8. The molecule has 0 rings (SSSR count). The molecule has 238 valence electrons. The van der Waals surface area contributed by atoms with Gasteiger partial charge in [0.15, 0.2) is 0 Å². The highest BCUT2D eigenvalue weighted by atomic mass is 16.6. The number of rotatable bonds is 23. The highest BCUT2D eigenvalue weighted by Gasteiger charge is 2.31. The van der Waals surface area contributed by atoms with E-state index in [9.17, 15) is 14.7 Å². The number of hydrogen-bond donors (Lipinski definition) is 1. The topological polar surface area (TPSA) is 72.8 Å². The molecule has 0 saturated carbocycles. The SMILES string of the molecule is CCCCCCCCCCCCCC(=O)OCC(O)COC(=O)C(CCC(C)CC(C)(C)C)C(C)CC(C)(C)C. The van der Waals surface area contributed by atoms with Gasteiger partial charge in [-0.1, -0.05) is 127 Å². The number of ether oxygens (including phenoxy) is 2. The Kier molecular flexibility index (Phi) is 21.0. The predicted octanol–water partition coefficient (Wildman–Crippen LogP) is 9.68. The van der Waals surface area contributed by atoms with E-state index in [1.54, 1.807) is 0 Å². The Balaban J connectivity index is 4.32. The number of aliphatic hydroxyl groups is 1. The van der Waals surface area contributed by atoms with E-state index in [1.807, 2.05) is 0 Å². The van der Waals surface area contributed by atoms with Crippen molar-refractivity contribution in [2.24, 2.45) is 28.6 Å². The molecule has 0 aliphatic carbocycles. The molecule has 40 heavy (non-hydrogen) atoms. The lowest BCUT2D eigenvalue weighted by Crippen LogP contribution is -2.31. The van der Waals surface area contributed by atoms with Crippen molar-refractivity contribution in [3.05, 3.63) is 0 Å². The number of aliphatic hydroxyl groups excluding tert-OH is 1. The molecular formula is C35H68O5. The highest BCUT2D eigenvalue weighted by Crippen LogP contribution is 2.34. The van der Waals surface area contributed by atoms with Gasteiger partial charge in [-0.2, -0.15) is 0 Å². The van der Waals surface area contributed by atoms with Crippen LogP contribution in [0.3, 0.4) is 0 Å². The number of carbonyl (C=O) groups is 2. The predicted molar refractivity (Wildman–Crippen MR) is 168 cm³/mol. The van der Waals surface area contributed by atoms with Gasteiger partial charge in [0.25, 0.3) is 0 Å². The minimum Gasteiger partial charge on any atom is -0.463 e. The lowest BCUT2D eigenvalue weighted by Gasteiger charge is -2.30. The van der Waals surface area contributed by atoms with Crippen LogP contribution in [0, 0.1) is 28.6 Å². The third-order valence-corrected chi connectivity index (χ3v) is 7.69. The van der Waals surface area contributed by atoms with Gasteiger partial charge in [-0.3, -0.25) is 9.59 Å². The molecule has 0 aromatic rings. The van der Waals surface area contributed by atoms with Crippen LogP contribution >= 0.6 is 0 Å². The molecule has 5 nitrogen and oxygen atoms in total. The molecular weight excluding hydrogens is 500 g/mol. The molecule has 0 aromatic heterocycles. The average molecular weight is 569 g/mol. The van der Waals surface area contributed by atoms with E-state index >= 15 is 0 Å². The van der Waals surface area contributed by atoms with Crippen LogP contribution in [0.1, 0.15) is 165 Å². The second-order valence-electron chi connectivity index (χ2n) is 15.0. The van der Waals surface area contributed by atoms with Gasteiger partial charge in [0, 0.05) is 6.42 Å². The quantitative estimate of drug-likeness (QED) is 0.0981. The van der Waals surface area contributed by atoms with Crippen LogP contribution in [-0.2, 0) is 19.1 Å². The minimum atomic E-state index is -0.997. The molecule has 0 aliphatic rings. The third-order valence-electron chi connectivity index (χ3n) is 7.69. The first-order chi connectivity index (χ1) is 18.6. The Bertz CT molecular complexity index is 645. The average Bonchev–Trinajstić information content (AvgIpc) is 2.82. The molecule has 0 aliphatic heterocycles. The highest BCUT2D eigenvalue weighted by molar-refractivity contribution is 5.72. The standard InChI is InChI=1S/C35H68O5/c1-10-11-12-13-14-15-16-17-18-19-20-21-32(37)39-26-30(36)27-40-33(38)31(29(3)25-35(7,8)9)23-22-28(2)24-34(4,5)6/h28-31,36H,10-27H2,1-9H3. The first-order valence-electron chi connectivity index (χ1n) is 16.6. The Morgan fingerprint density at radius 3 is 1.65 bits per heavy atom. The van der Waals surface area contributed by atoms with Crippen LogP contribution in [0.2, 0.25) is 0 Å². The van der Waals surface area contributed by atoms with Crippen molar-refractivity contribution in [2.45, 2.75) is 171 Å². The lowest BCUT2D eigenvalue weighted by atomic mass is 9.76. The fraction of sp³-hybridized carbons (Fsp3) is 0.943. The molecule has 1 N–H and O–H groups in total. The Morgan fingerprint density at radius 1 is 0.675 bits per heavy atom. The zero-order valence-corrected chi connectivity index (χ0v) is 28.1. The lowest BCUT2D eigenvalue weighted by molar-refractivity contribution is -0.157. The van der Waals surface area contributed by atoms with Crippen LogP contribution in [-0.4, -0.2) is 36.4 Å². The van der Waals surface area contributed by atoms with Gasteiger partial charge >= 0.3 is 11.9 Å². The third kappa shape index (κ3) is 23.6. The first kappa shape index (κ1) is 38.9. The van der Waals surface area contributed by atoms with Crippen LogP contribution < -0.4 is 0 Å². The molecule has 4 atom stereocenters. The zero-order valence-electron chi connectivity index (χ0n) is 28.1. The van der Waals surface area contributed by atoms with Gasteiger partial charge in [0.2, 0.25) is 0 Å². The van der Waals surface area contributed by atoms with Gasteiger partial charge in [-0.05, 0) is 54.8 Å². The van der Waals surface area contributed by atoms with E-state index < -0.39 is 6.10 Å². The van der Waals surface area contributed by atoms with Crippen molar-refractivity contribution in [1.29, 1.82) is 0 Å². The molecule has 0 bridgehead atoms. The summed E-state index contributed by atoms with van der Waals surface area (Å²) in [4.78, 5) is 25.2. The van der Waals surface area contributed by atoms with Gasteiger partial charge in [-0.25, -0.2) is 0 Å². The van der Waals surface area contributed by atoms with Gasteiger partial charge in [0.05, 0.1) is 5.92 Å². The van der Waals surface area contributed by atoms with E-state index in [4.69, 9.17) is 9.47 Å². The van der Waals surface area contributed by atoms with Crippen LogP contribution in [0.25, 0.3) is 0 Å². The molecule has 0 spiro atoms. The summed E-state index contributed by atoms with van der Waals surface area (Å²) in [5.74, 6) is -0.00753. The van der Waals surface area contributed by atoms with E-state index in [-0.39, 0.29) is 47.8 Å². The smallest absolute Gasteiger partial charge is 0.309 e. The first-order valence-corrected chi connectivity index (χ1v) is 16.6. The maximum Gasteiger partial charge on any atom is 0.309 e. The second-order valence-corrected chi connectivity index (χ2v) is 15.0. The molecule has 0 aromatic carbocycles. The summed E-state index contributed by atoms with van der Waals surface area (Å²) in [6.07, 6.45) is 16.8. The summed E-state index contributed by atoms with van der Waals surface area (Å²) in [6, 6.07) is 0. The van der Waals surface area contributed by atoms with Crippen molar-refractivity contribution in [1.82, 2.24) is 0 Å². The van der Waals surface area contributed by atoms with Gasteiger partial charge < -0.3 is 14.6 Å². The molecule has 4 unspecified atom stereocenters. The number of esters is 2. The van der Waals surface area contributed by atoms with E-state index in [0.29, 0.717) is 12.3 Å². The number of hydrogen-bond acceptors (Lipinski definition) is 5.